The number of para-hydroxylation sites is 1. The molecule has 0 aliphatic rings. The van der Waals surface area contributed by atoms with Gasteiger partial charge in [-0.3, -0.25) is 4.68 Å². The molecule has 20 heavy (non-hydrogen) atoms. The molecule has 3 aromatic rings. The second kappa shape index (κ2) is 6.13. The average Bonchev–Trinajstić information content (AvgIpc) is 3.05. The molecule has 0 bridgehead atoms. The molecule has 0 amide bonds. The fraction of sp³-hybridized carbons (Fsp3) is 0.286. The molecule has 6 heteroatoms. The Kier molecular flexibility index (Phi) is 4.05. The Hall–Kier alpha value is -1.76. The molecular formula is C14H16N4OS. The number of aliphatic hydroxyl groups is 1. The first-order valence-corrected chi connectivity index (χ1v) is 7.34. The van der Waals surface area contributed by atoms with Crippen molar-refractivity contribution in [3.63, 3.8) is 0 Å². The van der Waals surface area contributed by atoms with E-state index in [1.165, 1.54) is 4.70 Å². The zero-order valence-electron chi connectivity index (χ0n) is 11.0. The highest BCUT2D eigenvalue weighted by Gasteiger charge is 2.03. The number of benzene rings is 1. The van der Waals surface area contributed by atoms with Gasteiger partial charge >= 0.3 is 0 Å². The molecule has 0 radical (unpaired) electrons. The van der Waals surface area contributed by atoms with Gasteiger partial charge in [0.25, 0.3) is 0 Å². The predicted molar refractivity (Wildman–Crippen MR) is 79.5 cm³/mol. The van der Waals surface area contributed by atoms with Gasteiger partial charge in [-0.25, -0.2) is 4.98 Å². The second-order valence-electron chi connectivity index (χ2n) is 4.51. The van der Waals surface area contributed by atoms with Crippen LogP contribution < -0.4 is 5.32 Å². The molecule has 3 rings (SSSR count). The van der Waals surface area contributed by atoms with Gasteiger partial charge < -0.3 is 10.4 Å². The minimum Gasteiger partial charge on any atom is -0.394 e. The van der Waals surface area contributed by atoms with Crippen LogP contribution in [0.5, 0.6) is 0 Å². The first-order valence-electron chi connectivity index (χ1n) is 6.52. The average molecular weight is 288 g/mol. The highest BCUT2D eigenvalue weighted by atomic mass is 32.1. The van der Waals surface area contributed by atoms with Crippen molar-refractivity contribution in [2.45, 2.75) is 19.6 Å². The molecule has 2 aromatic heterocycles. The van der Waals surface area contributed by atoms with Crippen molar-refractivity contribution < 1.29 is 5.11 Å². The number of hydrogen-bond donors (Lipinski definition) is 2. The van der Waals surface area contributed by atoms with Crippen LogP contribution in [0.25, 0.3) is 10.2 Å². The molecule has 0 spiro atoms. The van der Waals surface area contributed by atoms with E-state index in [2.05, 4.69) is 21.5 Å². The number of hydrogen-bond acceptors (Lipinski definition) is 5. The van der Waals surface area contributed by atoms with Crippen LogP contribution in [0.1, 0.15) is 10.6 Å². The summed E-state index contributed by atoms with van der Waals surface area (Å²) in [5.41, 5.74) is 2.17. The van der Waals surface area contributed by atoms with E-state index in [1.54, 1.807) is 16.0 Å². The lowest BCUT2D eigenvalue weighted by Crippen LogP contribution is -2.12. The normalized spacial score (nSPS) is 11.2. The molecule has 2 N–H and O–H groups in total. The van der Waals surface area contributed by atoms with Crippen LogP contribution in [-0.2, 0) is 19.6 Å². The van der Waals surface area contributed by atoms with Crippen LogP contribution in [0.2, 0.25) is 0 Å². The molecule has 0 aliphatic carbocycles. The maximum absolute atomic E-state index is 8.84. The first-order chi connectivity index (χ1) is 9.85. The third kappa shape index (κ3) is 3.04. The van der Waals surface area contributed by atoms with Crippen LogP contribution in [0.4, 0.5) is 0 Å². The number of aromatic nitrogens is 3. The van der Waals surface area contributed by atoms with Crippen molar-refractivity contribution in [1.29, 1.82) is 0 Å². The van der Waals surface area contributed by atoms with E-state index in [4.69, 9.17) is 5.11 Å². The van der Waals surface area contributed by atoms with Crippen LogP contribution in [0.15, 0.2) is 36.7 Å². The summed E-state index contributed by atoms with van der Waals surface area (Å²) in [7, 11) is 0. The number of nitrogens with zero attached hydrogens (tertiary/aromatic N) is 3. The van der Waals surface area contributed by atoms with Crippen molar-refractivity contribution in [2.24, 2.45) is 0 Å². The number of thiazole rings is 1. The molecule has 5 nitrogen and oxygen atoms in total. The third-order valence-corrected chi connectivity index (χ3v) is 4.00. The number of aliphatic hydroxyl groups excluding tert-OH is 1. The van der Waals surface area contributed by atoms with Crippen molar-refractivity contribution in [3.8, 4) is 0 Å². The highest BCUT2D eigenvalue weighted by molar-refractivity contribution is 7.18. The summed E-state index contributed by atoms with van der Waals surface area (Å²) in [5.74, 6) is 0. The standard InChI is InChI=1S/C14H16N4OS/c19-6-5-18-10-11(8-16-18)7-15-9-14-17-12-3-1-2-4-13(12)20-14/h1-4,8,10,15,19H,5-7,9H2. The van der Waals surface area contributed by atoms with Crippen LogP contribution in [0, 0.1) is 0 Å². The summed E-state index contributed by atoms with van der Waals surface area (Å²) in [6, 6.07) is 8.17. The molecule has 0 aliphatic heterocycles. The smallest absolute Gasteiger partial charge is 0.108 e. The predicted octanol–water partition coefficient (Wildman–Crippen LogP) is 1.77. The van der Waals surface area contributed by atoms with Gasteiger partial charge in [0.1, 0.15) is 5.01 Å². The van der Waals surface area contributed by atoms with Crippen LogP contribution in [0.3, 0.4) is 0 Å². The number of rotatable bonds is 6. The van der Waals surface area contributed by atoms with Gasteiger partial charge in [-0.05, 0) is 12.1 Å². The topological polar surface area (TPSA) is 63.0 Å². The maximum atomic E-state index is 8.84. The fourth-order valence-electron chi connectivity index (χ4n) is 2.03. The number of fused-ring (bicyclic) bond motifs is 1. The molecular weight excluding hydrogens is 272 g/mol. The minimum atomic E-state index is 0.111. The first kappa shape index (κ1) is 13.2. The minimum absolute atomic E-state index is 0.111. The Bertz CT molecular complexity index is 658. The van der Waals surface area contributed by atoms with E-state index >= 15 is 0 Å². The van der Waals surface area contributed by atoms with Crippen molar-refractivity contribution in [1.82, 2.24) is 20.1 Å². The van der Waals surface area contributed by atoms with Gasteiger partial charge in [-0.15, -0.1) is 11.3 Å². The zero-order valence-corrected chi connectivity index (χ0v) is 11.8. The summed E-state index contributed by atoms with van der Waals surface area (Å²) >= 11 is 1.72. The second-order valence-corrected chi connectivity index (χ2v) is 5.63. The van der Waals surface area contributed by atoms with Crippen molar-refractivity contribution >= 4 is 21.6 Å². The lowest BCUT2D eigenvalue weighted by Gasteiger charge is -1.99. The molecule has 0 saturated heterocycles. The monoisotopic (exact) mass is 288 g/mol. The maximum Gasteiger partial charge on any atom is 0.108 e. The van der Waals surface area contributed by atoms with E-state index in [9.17, 15) is 0 Å². The Balaban J connectivity index is 1.56. The molecule has 0 unspecified atom stereocenters. The summed E-state index contributed by atoms with van der Waals surface area (Å²) in [5, 5.41) is 17.5. The fourth-order valence-corrected chi connectivity index (χ4v) is 2.97. The highest BCUT2D eigenvalue weighted by Crippen LogP contribution is 2.21. The van der Waals surface area contributed by atoms with Crippen molar-refractivity contribution in [3.05, 3.63) is 47.2 Å². The Labute approximate surface area is 120 Å². The number of nitrogens with one attached hydrogen (secondary N) is 1. The lowest BCUT2D eigenvalue weighted by atomic mass is 10.3. The Morgan fingerprint density at radius 1 is 1.25 bits per heavy atom. The Morgan fingerprint density at radius 2 is 2.15 bits per heavy atom. The van der Waals surface area contributed by atoms with Crippen LogP contribution >= 0.6 is 11.3 Å². The quantitative estimate of drug-likeness (QED) is 0.726. The molecule has 0 fully saturated rings. The summed E-state index contributed by atoms with van der Waals surface area (Å²) in [6.07, 6.45) is 3.77. The van der Waals surface area contributed by atoms with E-state index in [0.717, 1.165) is 29.2 Å². The van der Waals surface area contributed by atoms with E-state index < -0.39 is 0 Å². The molecule has 1 aromatic carbocycles. The van der Waals surface area contributed by atoms with Crippen LogP contribution in [-0.4, -0.2) is 26.5 Å². The summed E-state index contributed by atoms with van der Waals surface area (Å²) < 4.78 is 2.97. The van der Waals surface area contributed by atoms with Gasteiger partial charge in [-0.1, -0.05) is 12.1 Å². The van der Waals surface area contributed by atoms with Gasteiger partial charge in [0.2, 0.25) is 0 Å². The van der Waals surface area contributed by atoms with E-state index in [1.807, 2.05) is 30.6 Å². The van der Waals surface area contributed by atoms with Gasteiger partial charge in [0.15, 0.2) is 0 Å². The van der Waals surface area contributed by atoms with Gasteiger partial charge in [0, 0.05) is 24.8 Å². The molecule has 0 saturated carbocycles. The SMILES string of the molecule is OCCn1cc(CNCc2nc3ccccc3s2)cn1. The third-order valence-electron chi connectivity index (χ3n) is 2.96. The van der Waals surface area contributed by atoms with Crippen molar-refractivity contribution in [2.75, 3.05) is 6.61 Å². The summed E-state index contributed by atoms with van der Waals surface area (Å²) in [6.45, 7) is 2.16. The van der Waals surface area contributed by atoms with Gasteiger partial charge in [0.05, 0.1) is 29.6 Å². The van der Waals surface area contributed by atoms with Gasteiger partial charge in [-0.2, -0.15) is 5.10 Å². The van der Waals surface area contributed by atoms with E-state index in [0.29, 0.717) is 6.54 Å². The molecule has 0 atom stereocenters. The van der Waals surface area contributed by atoms with E-state index in [-0.39, 0.29) is 6.61 Å². The lowest BCUT2D eigenvalue weighted by molar-refractivity contribution is 0.269. The molecule has 104 valence electrons. The molecule has 2 heterocycles. The zero-order chi connectivity index (χ0) is 13.8. The largest absolute Gasteiger partial charge is 0.394 e. The Morgan fingerprint density at radius 3 is 3.00 bits per heavy atom. The summed E-state index contributed by atoms with van der Waals surface area (Å²) in [4.78, 5) is 4.58.